The van der Waals surface area contributed by atoms with Crippen LogP contribution in [0.5, 0.6) is 0 Å². The third-order valence-electron chi connectivity index (χ3n) is 2.75. The molecule has 7 nitrogen and oxygen atoms in total. The monoisotopic (exact) mass is 261 g/mol. The van der Waals surface area contributed by atoms with Gasteiger partial charge in [0.05, 0.1) is 18.5 Å². The van der Waals surface area contributed by atoms with Crippen LogP contribution in [0.4, 0.5) is 0 Å². The molecule has 1 aromatic heterocycles. The number of H-pyrrole nitrogens is 1. The fourth-order valence-electron chi connectivity index (χ4n) is 1.65. The number of nitrogens with zero attached hydrogens (tertiary/aromatic N) is 1. The lowest BCUT2D eigenvalue weighted by molar-refractivity contribution is 0.0314. The number of aryl methyl sites for hydroxylation is 1. The van der Waals surface area contributed by atoms with Gasteiger partial charge in [-0.15, -0.1) is 0 Å². The van der Waals surface area contributed by atoms with E-state index < -0.39 is 15.6 Å². The molecule has 1 saturated heterocycles. The van der Waals surface area contributed by atoms with E-state index in [1.165, 1.54) is 6.20 Å². The Labute approximate surface area is 99.2 Å². The molecule has 3 N–H and O–H groups in total. The van der Waals surface area contributed by atoms with Gasteiger partial charge in [-0.3, -0.25) is 5.10 Å². The predicted octanol–water partition coefficient (Wildman–Crippen LogP) is -0.852. The van der Waals surface area contributed by atoms with Crippen LogP contribution in [0, 0.1) is 6.92 Å². The highest BCUT2D eigenvalue weighted by Crippen LogP contribution is 2.18. The van der Waals surface area contributed by atoms with Gasteiger partial charge in [0.2, 0.25) is 10.0 Å². The summed E-state index contributed by atoms with van der Waals surface area (Å²) in [4.78, 5) is 0.0972. The first kappa shape index (κ1) is 12.5. The molecule has 0 aliphatic carbocycles. The van der Waals surface area contributed by atoms with E-state index in [2.05, 4.69) is 14.9 Å². The van der Waals surface area contributed by atoms with Gasteiger partial charge in [-0.05, 0) is 6.92 Å². The van der Waals surface area contributed by atoms with Crippen LogP contribution < -0.4 is 4.72 Å². The van der Waals surface area contributed by atoms with Gasteiger partial charge in [0.25, 0.3) is 0 Å². The molecule has 2 heterocycles. The van der Waals surface area contributed by atoms with Gasteiger partial charge in [0.15, 0.2) is 0 Å². The lowest BCUT2D eigenvalue weighted by Gasteiger charge is -2.20. The zero-order valence-corrected chi connectivity index (χ0v) is 10.2. The molecule has 1 aliphatic heterocycles. The van der Waals surface area contributed by atoms with Crippen molar-refractivity contribution in [2.75, 3.05) is 19.8 Å². The van der Waals surface area contributed by atoms with Gasteiger partial charge in [0, 0.05) is 19.6 Å². The Hall–Kier alpha value is -0.960. The van der Waals surface area contributed by atoms with Crippen molar-refractivity contribution in [3.05, 3.63) is 11.9 Å². The number of aliphatic hydroxyl groups is 1. The van der Waals surface area contributed by atoms with Crippen LogP contribution in [0.2, 0.25) is 0 Å². The summed E-state index contributed by atoms with van der Waals surface area (Å²) in [6.45, 7) is 2.16. The molecule has 0 bridgehead atoms. The second-order valence-corrected chi connectivity index (χ2v) is 5.95. The normalized spacial score (nSPS) is 25.3. The molecule has 0 saturated carbocycles. The maximum Gasteiger partial charge on any atom is 0.244 e. The van der Waals surface area contributed by atoms with Gasteiger partial charge >= 0.3 is 0 Å². The Kier molecular flexibility index (Phi) is 3.21. The van der Waals surface area contributed by atoms with Crippen molar-refractivity contribution >= 4 is 10.0 Å². The van der Waals surface area contributed by atoms with Crippen LogP contribution >= 0.6 is 0 Å². The number of aromatic amines is 1. The van der Waals surface area contributed by atoms with Crippen LogP contribution in [0.3, 0.4) is 0 Å². The number of sulfonamides is 1. The van der Waals surface area contributed by atoms with E-state index >= 15 is 0 Å². The summed E-state index contributed by atoms with van der Waals surface area (Å²) in [5.74, 6) is 0. The molecule has 0 amide bonds. The van der Waals surface area contributed by atoms with Crippen LogP contribution in [0.15, 0.2) is 11.1 Å². The number of hydrogen-bond acceptors (Lipinski definition) is 5. The number of ether oxygens (including phenoxy) is 1. The molecule has 8 heteroatoms. The lowest BCUT2D eigenvalue weighted by atomic mass is 10.1. The first-order chi connectivity index (χ1) is 7.93. The summed E-state index contributed by atoms with van der Waals surface area (Å²) in [5.41, 5.74) is -0.641. The Morgan fingerprint density at radius 1 is 1.71 bits per heavy atom. The quantitative estimate of drug-likeness (QED) is 0.654. The summed E-state index contributed by atoms with van der Waals surface area (Å²) < 4.78 is 31.2. The minimum atomic E-state index is -3.63. The molecule has 1 atom stereocenters. The lowest BCUT2D eigenvalue weighted by Crippen LogP contribution is -2.43. The first-order valence-electron chi connectivity index (χ1n) is 5.23. The van der Waals surface area contributed by atoms with Crippen molar-refractivity contribution in [3.63, 3.8) is 0 Å². The minimum Gasteiger partial charge on any atom is -0.386 e. The molecule has 2 rings (SSSR count). The molecular weight excluding hydrogens is 246 g/mol. The third-order valence-corrected chi connectivity index (χ3v) is 4.26. The highest BCUT2D eigenvalue weighted by Gasteiger charge is 2.34. The van der Waals surface area contributed by atoms with E-state index in [1.807, 2.05) is 0 Å². The zero-order chi connectivity index (χ0) is 12.5. The van der Waals surface area contributed by atoms with E-state index in [9.17, 15) is 13.5 Å². The summed E-state index contributed by atoms with van der Waals surface area (Å²) in [5, 5.41) is 16.2. The minimum absolute atomic E-state index is 0.0556. The van der Waals surface area contributed by atoms with E-state index in [0.717, 1.165) is 0 Å². The fourth-order valence-corrected chi connectivity index (χ4v) is 2.91. The third kappa shape index (κ3) is 2.65. The summed E-state index contributed by atoms with van der Waals surface area (Å²) in [6, 6.07) is 0. The number of nitrogens with one attached hydrogen (secondary N) is 2. The molecule has 0 radical (unpaired) electrons. The van der Waals surface area contributed by atoms with Crippen LogP contribution in [-0.2, 0) is 14.8 Å². The smallest absolute Gasteiger partial charge is 0.244 e. The molecule has 1 aliphatic rings. The topological polar surface area (TPSA) is 104 Å². The molecule has 0 aromatic carbocycles. The van der Waals surface area contributed by atoms with Gasteiger partial charge in [-0.1, -0.05) is 0 Å². The standard InChI is InChI=1S/C9H15N3O4S/c1-7-8(4-10-12-7)17(14,15)11-5-9(13)2-3-16-6-9/h4,11,13H,2-3,5-6H2,1H3,(H,10,12). The molecule has 1 fully saturated rings. The highest BCUT2D eigenvalue weighted by atomic mass is 32.2. The average Bonchev–Trinajstić information content (AvgIpc) is 2.86. The summed E-state index contributed by atoms with van der Waals surface area (Å²) in [7, 11) is -3.63. The second-order valence-electron chi connectivity index (χ2n) is 4.21. The summed E-state index contributed by atoms with van der Waals surface area (Å²) in [6.07, 6.45) is 1.67. The molecule has 0 spiro atoms. The maximum absolute atomic E-state index is 11.9. The Morgan fingerprint density at radius 2 is 2.47 bits per heavy atom. The first-order valence-corrected chi connectivity index (χ1v) is 6.71. The average molecular weight is 261 g/mol. The number of hydrogen-bond donors (Lipinski definition) is 3. The van der Waals surface area contributed by atoms with Crippen LogP contribution in [0.25, 0.3) is 0 Å². The summed E-state index contributed by atoms with van der Waals surface area (Å²) >= 11 is 0. The van der Waals surface area contributed by atoms with Crippen molar-refractivity contribution in [1.29, 1.82) is 0 Å². The van der Waals surface area contributed by atoms with E-state index in [4.69, 9.17) is 4.74 Å². The Bertz CT molecular complexity index is 490. The van der Waals surface area contributed by atoms with Crippen molar-refractivity contribution in [1.82, 2.24) is 14.9 Å². The second kappa shape index (κ2) is 4.37. The van der Waals surface area contributed by atoms with Gasteiger partial charge in [0.1, 0.15) is 10.5 Å². The van der Waals surface area contributed by atoms with E-state index in [-0.39, 0.29) is 18.0 Å². The molecule has 96 valence electrons. The van der Waals surface area contributed by atoms with Gasteiger partial charge in [-0.25, -0.2) is 13.1 Å². The van der Waals surface area contributed by atoms with Crippen LogP contribution in [-0.4, -0.2) is 49.1 Å². The SMILES string of the molecule is Cc1[nH]ncc1S(=O)(=O)NCC1(O)CCOC1. The van der Waals surface area contributed by atoms with Crippen molar-refractivity contribution in [3.8, 4) is 0 Å². The Morgan fingerprint density at radius 3 is 3.00 bits per heavy atom. The molecule has 1 aromatic rings. The van der Waals surface area contributed by atoms with Gasteiger partial charge < -0.3 is 9.84 Å². The van der Waals surface area contributed by atoms with E-state index in [1.54, 1.807) is 6.92 Å². The predicted molar refractivity (Wildman–Crippen MR) is 58.9 cm³/mol. The number of aromatic nitrogens is 2. The van der Waals surface area contributed by atoms with Crippen molar-refractivity contribution in [2.45, 2.75) is 23.8 Å². The van der Waals surface area contributed by atoms with Crippen LogP contribution in [0.1, 0.15) is 12.1 Å². The van der Waals surface area contributed by atoms with Crippen molar-refractivity contribution < 1.29 is 18.3 Å². The zero-order valence-electron chi connectivity index (χ0n) is 9.43. The molecule has 1 unspecified atom stereocenters. The Balaban J connectivity index is 2.06. The fraction of sp³-hybridized carbons (Fsp3) is 0.667. The van der Waals surface area contributed by atoms with Crippen molar-refractivity contribution in [2.24, 2.45) is 0 Å². The van der Waals surface area contributed by atoms with Gasteiger partial charge in [-0.2, -0.15) is 5.10 Å². The van der Waals surface area contributed by atoms with E-state index in [0.29, 0.717) is 18.7 Å². The maximum atomic E-state index is 11.9. The molecular formula is C9H15N3O4S. The highest BCUT2D eigenvalue weighted by molar-refractivity contribution is 7.89. The largest absolute Gasteiger partial charge is 0.386 e. The number of rotatable bonds is 4. The molecule has 17 heavy (non-hydrogen) atoms.